The molecular weight excluding hydrogens is 389 g/mol. The Hall–Kier alpha value is -2.59. The molecule has 1 aliphatic heterocycles. The molecule has 27 heavy (non-hydrogen) atoms. The van der Waals surface area contributed by atoms with Gasteiger partial charge >= 0.3 is 6.18 Å². The molecule has 1 aliphatic rings. The topological polar surface area (TPSA) is 48.7 Å². The highest BCUT2D eigenvalue weighted by molar-refractivity contribution is 7.22. The summed E-state index contributed by atoms with van der Waals surface area (Å²) in [5.41, 5.74) is -2.86. The van der Waals surface area contributed by atoms with Crippen LogP contribution >= 0.6 is 11.3 Å². The molecular formula is C17H10F5N3OS. The minimum atomic E-state index is -5.04. The van der Waals surface area contributed by atoms with Gasteiger partial charge in [-0.2, -0.15) is 23.3 Å². The minimum Gasteiger partial charge on any atom is -0.362 e. The molecule has 0 saturated heterocycles. The van der Waals surface area contributed by atoms with E-state index in [0.717, 1.165) is 35.6 Å². The summed E-state index contributed by atoms with van der Waals surface area (Å²) in [5, 5.41) is 14.5. The van der Waals surface area contributed by atoms with E-state index in [1.165, 1.54) is 18.2 Å². The predicted molar refractivity (Wildman–Crippen MR) is 90.6 cm³/mol. The second kappa shape index (κ2) is 5.96. The lowest BCUT2D eigenvalue weighted by atomic mass is 10.0. The number of halogens is 5. The number of alkyl halides is 3. The quantitative estimate of drug-likeness (QED) is 0.649. The molecule has 0 radical (unpaired) electrons. The number of fused-ring (bicyclic) bond motifs is 1. The Morgan fingerprint density at radius 1 is 1.04 bits per heavy atom. The van der Waals surface area contributed by atoms with E-state index < -0.39 is 30.0 Å². The second-order valence-corrected chi connectivity index (χ2v) is 6.97. The Bertz CT molecular complexity index is 1050. The van der Waals surface area contributed by atoms with Crippen molar-refractivity contribution >= 4 is 32.4 Å². The van der Waals surface area contributed by atoms with Gasteiger partial charge in [0.05, 0.1) is 22.3 Å². The van der Waals surface area contributed by atoms with E-state index in [2.05, 4.69) is 10.1 Å². The van der Waals surface area contributed by atoms with Crippen LogP contribution in [-0.4, -0.2) is 27.7 Å². The third kappa shape index (κ3) is 2.94. The molecule has 0 amide bonds. The zero-order chi connectivity index (χ0) is 19.4. The van der Waals surface area contributed by atoms with Crippen LogP contribution < -0.4 is 5.01 Å². The molecule has 0 fully saturated rings. The molecule has 4 nitrogen and oxygen atoms in total. The Morgan fingerprint density at radius 2 is 1.70 bits per heavy atom. The summed E-state index contributed by atoms with van der Waals surface area (Å²) in [7, 11) is 0. The number of hydrazone groups is 1. The maximum absolute atomic E-state index is 13.6. The molecule has 0 bridgehead atoms. The molecule has 10 heteroatoms. The van der Waals surface area contributed by atoms with Crippen LogP contribution in [-0.2, 0) is 0 Å². The Morgan fingerprint density at radius 3 is 2.37 bits per heavy atom. The van der Waals surface area contributed by atoms with E-state index in [0.29, 0.717) is 9.71 Å². The zero-order valence-electron chi connectivity index (χ0n) is 13.3. The van der Waals surface area contributed by atoms with Crippen LogP contribution in [0.5, 0.6) is 0 Å². The first-order valence-corrected chi connectivity index (χ1v) is 8.48. The van der Waals surface area contributed by atoms with Gasteiger partial charge in [0, 0.05) is 0 Å². The zero-order valence-corrected chi connectivity index (χ0v) is 14.2. The maximum atomic E-state index is 13.6. The maximum Gasteiger partial charge on any atom is 0.438 e. The average molecular weight is 399 g/mol. The fraction of sp³-hybridized carbons (Fsp3) is 0.176. The third-order valence-corrected chi connectivity index (χ3v) is 5.13. The van der Waals surface area contributed by atoms with Crippen molar-refractivity contribution in [3.05, 3.63) is 59.7 Å². The van der Waals surface area contributed by atoms with Gasteiger partial charge in [0.2, 0.25) is 5.13 Å². The van der Waals surface area contributed by atoms with E-state index in [4.69, 9.17) is 0 Å². The van der Waals surface area contributed by atoms with Gasteiger partial charge < -0.3 is 5.11 Å². The van der Waals surface area contributed by atoms with Crippen molar-refractivity contribution in [1.29, 1.82) is 0 Å². The lowest BCUT2D eigenvalue weighted by Gasteiger charge is -2.32. The van der Waals surface area contributed by atoms with Crippen LogP contribution in [0.25, 0.3) is 10.2 Å². The summed E-state index contributed by atoms with van der Waals surface area (Å²) in [5.74, 6) is -1.10. The number of aromatic nitrogens is 1. The molecule has 2 heterocycles. The molecule has 0 aliphatic carbocycles. The van der Waals surface area contributed by atoms with Crippen molar-refractivity contribution in [1.82, 2.24) is 4.98 Å². The summed E-state index contributed by atoms with van der Waals surface area (Å²) in [4.78, 5) is 4.04. The smallest absolute Gasteiger partial charge is 0.362 e. The molecule has 1 aromatic heterocycles. The average Bonchev–Trinajstić information content (AvgIpc) is 3.16. The van der Waals surface area contributed by atoms with E-state index in [9.17, 15) is 27.1 Å². The molecule has 3 aromatic rings. The van der Waals surface area contributed by atoms with Crippen LogP contribution in [0.3, 0.4) is 0 Å². The monoisotopic (exact) mass is 399 g/mol. The third-order valence-electron chi connectivity index (χ3n) is 4.14. The number of anilines is 1. The first kappa shape index (κ1) is 17.8. The largest absolute Gasteiger partial charge is 0.438 e. The molecule has 1 unspecified atom stereocenters. The second-order valence-electron chi connectivity index (χ2n) is 5.97. The van der Waals surface area contributed by atoms with Gasteiger partial charge in [0.25, 0.3) is 5.72 Å². The van der Waals surface area contributed by atoms with E-state index >= 15 is 0 Å². The normalized spacial score (nSPS) is 20.4. The summed E-state index contributed by atoms with van der Waals surface area (Å²) >= 11 is 0.775. The lowest BCUT2D eigenvalue weighted by molar-refractivity contribution is -0.254. The van der Waals surface area contributed by atoms with Gasteiger partial charge in [-0.05, 0) is 35.9 Å². The Balaban J connectivity index is 1.83. The van der Waals surface area contributed by atoms with Crippen molar-refractivity contribution in [2.75, 3.05) is 5.01 Å². The number of thiazole rings is 1. The summed E-state index contributed by atoms with van der Waals surface area (Å²) in [6, 6.07) is 8.35. The number of hydrogen-bond donors (Lipinski definition) is 1. The van der Waals surface area contributed by atoms with Crippen molar-refractivity contribution < 1.29 is 27.1 Å². The van der Waals surface area contributed by atoms with Gasteiger partial charge in [-0.25, -0.2) is 13.8 Å². The molecule has 2 aromatic carbocycles. The van der Waals surface area contributed by atoms with Gasteiger partial charge in [0.15, 0.2) is 0 Å². The first-order valence-electron chi connectivity index (χ1n) is 7.66. The van der Waals surface area contributed by atoms with Crippen molar-refractivity contribution in [2.24, 2.45) is 5.10 Å². The molecule has 0 spiro atoms. The molecule has 1 atom stereocenters. The van der Waals surface area contributed by atoms with Crippen molar-refractivity contribution in [3.8, 4) is 0 Å². The van der Waals surface area contributed by atoms with Crippen molar-refractivity contribution in [3.63, 3.8) is 0 Å². The van der Waals surface area contributed by atoms with E-state index in [-0.39, 0.29) is 21.9 Å². The molecule has 0 saturated carbocycles. The predicted octanol–water partition coefficient (Wildman–Crippen LogP) is 4.44. The number of aliphatic hydroxyl groups is 1. The van der Waals surface area contributed by atoms with Gasteiger partial charge in [-0.3, -0.25) is 0 Å². The SMILES string of the molecule is OC1(C(F)(F)F)CC(c2ccc(F)cc2)=NN1c1nc2ccc(F)cc2s1. The van der Waals surface area contributed by atoms with E-state index in [1.807, 2.05) is 0 Å². The van der Waals surface area contributed by atoms with Crippen LogP contribution in [0.4, 0.5) is 27.1 Å². The fourth-order valence-corrected chi connectivity index (χ4v) is 3.76. The van der Waals surface area contributed by atoms with E-state index in [1.54, 1.807) is 0 Å². The standard InChI is InChI=1S/C17H10F5N3OS/c18-10-3-1-9(2-4-10)13-8-16(26,17(20,21)22)25(24-13)15-23-12-6-5-11(19)7-14(12)27-15/h1-7,26H,8H2. The number of benzene rings is 2. The fourth-order valence-electron chi connectivity index (χ4n) is 2.75. The minimum absolute atomic E-state index is 0.0692. The van der Waals surface area contributed by atoms with Crippen LogP contribution in [0.1, 0.15) is 12.0 Å². The summed E-state index contributed by atoms with van der Waals surface area (Å²) in [6.45, 7) is 0. The van der Waals surface area contributed by atoms with Gasteiger partial charge in [0.1, 0.15) is 11.6 Å². The van der Waals surface area contributed by atoms with Crippen LogP contribution in [0.2, 0.25) is 0 Å². The Labute approximate surface area is 153 Å². The molecule has 1 N–H and O–H groups in total. The number of rotatable bonds is 2. The van der Waals surface area contributed by atoms with Crippen LogP contribution in [0.15, 0.2) is 47.6 Å². The van der Waals surface area contributed by atoms with Crippen LogP contribution in [0, 0.1) is 11.6 Å². The highest BCUT2D eigenvalue weighted by Crippen LogP contribution is 2.45. The number of hydrogen-bond acceptors (Lipinski definition) is 5. The summed E-state index contributed by atoms with van der Waals surface area (Å²) < 4.78 is 67.7. The first-order chi connectivity index (χ1) is 12.7. The lowest BCUT2D eigenvalue weighted by Crippen LogP contribution is -2.55. The molecule has 4 rings (SSSR count). The highest BCUT2D eigenvalue weighted by atomic mass is 32.1. The van der Waals surface area contributed by atoms with Gasteiger partial charge in [-0.15, -0.1) is 0 Å². The van der Waals surface area contributed by atoms with Crippen molar-refractivity contribution in [2.45, 2.75) is 18.3 Å². The highest BCUT2D eigenvalue weighted by Gasteiger charge is 2.62. The summed E-state index contributed by atoms with van der Waals surface area (Å²) in [6.07, 6.45) is -5.90. The number of nitrogens with zero attached hydrogens (tertiary/aromatic N) is 3. The van der Waals surface area contributed by atoms with Gasteiger partial charge in [-0.1, -0.05) is 23.5 Å². The Kier molecular flexibility index (Phi) is 3.93. The molecule has 140 valence electrons.